The predicted octanol–water partition coefficient (Wildman–Crippen LogP) is 3.80. The molecule has 0 fully saturated rings. The molecule has 0 aliphatic heterocycles. The van der Waals surface area contributed by atoms with Crippen LogP contribution in [-0.2, 0) is 10.0 Å². The lowest BCUT2D eigenvalue weighted by Gasteiger charge is -2.10. The second-order valence-electron chi connectivity index (χ2n) is 4.42. The third kappa shape index (κ3) is 2.77. The molecule has 1 N–H and O–H groups in total. The fourth-order valence-electron chi connectivity index (χ4n) is 2.05. The minimum absolute atomic E-state index is 0.180. The maximum atomic E-state index is 12.5. The van der Waals surface area contributed by atoms with Crippen molar-refractivity contribution in [3.05, 3.63) is 65.3 Å². The van der Waals surface area contributed by atoms with E-state index in [1.165, 1.54) is 6.07 Å². The molecule has 0 radical (unpaired) electrons. The Morgan fingerprint density at radius 1 is 0.952 bits per heavy atom. The van der Waals surface area contributed by atoms with Crippen molar-refractivity contribution in [1.29, 1.82) is 0 Å². The number of fused-ring (bicyclic) bond motifs is 1. The largest absolute Gasteiger partial charge is 0.264 e. The summed E-state index contributed by atoms with van der Waals surface area (Å²) in [6.07, 6.45) is 1.58. The van der Waals surface area contributed by atoms with Gasteiger partial charge >= 0.3 is 0 Å². The van der Waals surface area contributed by atoms with E-state index >= 15 is 0 Å². The lowest BCUT2D eigenvalue weighted by molar-refractivity contribution is 0.600. The number of rotatable bonds is 3. The molecule has 0 saturated carbocycles. The first-order valence-corrected chi connectivity index (χ1v) is 8.47. The molecular weight excluding hydrogens is 352 g/mol. The first-order chi connectivity index (χ1) is 10.1. The fraction of sp³-hybridized carbons (Fsp3) is 0. The third-order valence-electron chi connectivity index (χ3n) is 3.03. The smallest absolute Gasteiger partial charge is 0.263 e. The summed E-state index contributed by atoms with van der Waals surface area (Å²) in [6.45, 7) is 0. The van der Waals surface area contributed by atoms with E-state index in [4.69, 9.17) is 0 Å². The molecule has 3 aromatic rings. The topological polar surface area (TPSA) is 59.1 Å². The van der Waals surface area contributed by atoms with Gasteiger partial charge < -0.3 is 0 Å². The molecule has 3 rings (SSSR count). The number of benzene rings is 2. The summed E-state index contributed by atoms with van der Waals surface area (Å²) in [6, 6.07) is 16.0. The quantitative estimate of drug-likeness (QED) is 0.770. The van der Waals surface area contributed by atoms with E-state index in [2.05, 4.69) is 25.6 Å². The third-order valence-corrected chi connectivity index (χ3v) is 5.38. The molecule has 6 heteroatoms. The number of anilines is 1. The van der Waals surface area contributed by atoms with Gasteiger partial charge in [0, 0.05) is 16.1 Å². The molecule has 106 valence electrons. The Balaban J connectivity index is 2.08. The van der Waals surface area contributed by atoms with Gasteiger partial charge in [-0.15, -0.1) is 0 Å². The molecule has 0 saturated heterocycles. The molecule has 0 aliphatic carbocycles. The van der Waals surface area contributed by atoms with Crippen LogP contribution in [0.3, 0.4) is 0 Å². The first kappa shape index (κ1) is 14.0. The summed E-state index contributed by atoms with van der Waals surface area (Å²) in [7, 11) is -3.69. The summed E-state index contributed by atoms with van der Waals surface area (Å²) in [5.41, 5.74) is 0. The standard InChI is InChI=1S/C15H11BrN2O2S/c16-13-7-3-4-8-14(13)21(19,20)18-15-12-6-2-1-5-11(12)9-10-17-15/h1-10H,(H,17,18). The van der Waals surface area contributed by atoms with Crippen LogP contribution in [0.4, 0.5) is 5.82 Å². The van der Waals surface area contributed by atoms with Crippen molar-refractivity contribution in [2.24, 2.45) is 0 Å². The van der Waals surface area contributed by atoms with Gasteiger partial charge in [-0.1, -0.05) is 36.4 Å². The van der Waals surface area contributed by atoms with Crippen LogP contribution in [-0.4, -0.2) is 13.4 Å². The van der Waals surface area contributed by atoms with E-state index in [1.807, 2.05) is 30.3 Å². The highest BCUT2D eigenvalue weighted by Crippen LogP contribution is 2.26. The minimum Gasteiger partial charge on any atom is -0.263 e. The van der Waals surface area contributed by atoms with Crippen LogP contribution in [0, 0.1) is 0 Å². The van der Waals surface area contributed by atoms with Crippen LogP contribution in [0.1, 0.15) is 0 Å². The average molecular weight is 363 g/mol. The molecule has 0 amide bonds. The molecule has 1 aromatic heterocycles. The molecule has 21 heavy (non-hydrogen) atoms. The van der Waals surface area contributed by atoms with Crippen LogP contribution in [0.25, 0.3) is 10.8 Å². The van der Waals surface area contributed by atoms with Crippen LogP contribution >= 0.6 is 15.9 Å². The zero-order valence-corrected chi connectivity index (χ0v) is 13.2. The van der Waals surface area contributed by atoms with Gasteiger partial charge in [0.2, 0.25) is 0 Å². The zero-order valence-electron chi connectivity index (χ0n) is 10.8. The first-order valence-electron chi connectivity index (χ1n) is 6.19. The van der Waals surface area contributed by atoms with E-state index in [1.54, 1.807) is 24.4 Å². The van der Waals surface area contributed by atoms with Gasteiger partial charge in [-0.25, -0.2) is 13.4 Å². The lowest BCUT2D eigenvalue weighted by atomic mass is 10.2. The van der Waals surface area contributed by atoms with Crippen LogP contribution in [0.15, 0.2) is 70.2 Å². The molecule has 0 atom stereocenters. The molecule has 0 spiro atoms. The highest BCUT2D eigenvalue weighted by Gasteiger charge is 2.18. The Morgan fingerprint density at radius 2 is 1.67 bits per heavy atom. The molecule has 0 bridgehead atoms. The summed E-state index contributed by atoms with van der Waals surface area (Å²) in [5, 5.41) is 1.69. The van der Waals surface area contributed by atoms with Crippen LogP contribution in [0.5, 0.6) is 0 Å². The van der Waals surface area contributed by atoms with E-state index in [9.17, 15) is 8.42 Å². The van der Waals surface area contributed by atoms with Crippen molar-refractivity contribution in [3.8, 4) is 0 Å². The van der Waals surface area contributed by atoms with E-state index in [-0.39, 0.29) is 4.90 Å². The number of aromatic nitrogens is 1. The number of sulfonamides is 1. The number of nitrogens with one attached hydrogen (secondary N) is 1. The van der Waals surface area contributed by atoms with Gasteiger partial charge in [0.05, 0.1) is 0 Å². The monoisotopic (exact) mass is 362 g/mol. The number of hydrogen-bond donors (Lipinski definition) is 1. The van der Waals surface area contributed by atoms with Gasteiger partial charge in [0.1, 0.15) is 10.7 Å². The van der Waals surface area contributed by atoms with Crippen molar-refractivity contribution < 1.29 is 8.42 Å². The van der Waals surface area contributed by atoms with Gasteiger partial charge in [-0.3, -0.25) is 4.72 Å². The van der Waals surface area contributed by atoms with Crippen LogP contribution < -0.4 is 4.72 Å². The Bertz CT molecular complexity index is 905. The molecule has 4 nitrogen and oxygen atoms in total. The maximum Gasteiger partial charge on any atom is 0.264 e. The Labute approximate surface area is 131 Å². The van der Waals surface area contributed by atoms with E-state index in [0.717, 1.165) is 10.8 Å². The number of halogens is 1. The highest BCUT2D eigenvalue weighted by molar-refractivity contribution is 9.10. The van der Waals surface area contributed by atoms with Gasteiger partial charge in [0.15, 0.2) is 0 Å². The van der Waals surface area contributed by atoms with E-state index in [0.29, 0.717) is 10.3 Å². The van der Waals surface area contributed by atoms with Crippen molar-refractivity contribution in [2.75, 3.05) is 4.72 Å². The predicted molar refractivity (Wildman–Crippen MR) is 86.7 cm³/mol. The average Bonchev–Trinajstić information content (AvgIpc) is 2.47. The second-order valence-corrected chi connectivity index (χ2v) is 6.92. The summed E-state index contributed by atoms with van der Waals surface area (Å²) in [5.74, 6) is 0.323. The second kappa shape index (κ2) is 5.46. The summed E-state index contributed by atoms with van der Waals surface area (Å²) < 4.78 is 28.0. The summed E-state index contributed by atoms with van der Waals surface area (Å²) >= 11 is 3.26. The number of pyridine rings is 1. The van der Waals surface area contributed by atoms with Gasteiger partial charge in [-0.05, 0) is 39.5 Å². The molecule has 1 heterocycles. The number of hydrogen-bond acceptors (Lipinski definition) is 3. The van der Waals surface area contributed by atoms with Crippen molar-refractivity contribution in [1.82, 2.24) is 4.98 Å². The van der Waals surface area contributed by atoms with Crippen LogP contribution in [0.2, 0.25) is 0 Å². The van der Waals surface area contributed by atoms with Crippen molar-refractivity contribution >= 4 is 42.5 Å². The Morgan fingerprint density at radius 3 is 2.48 bits per heavy atom. The molecular formula is C15H11BrN2O2S. The Kier molecular flexibility index (Phi) is 3.65. The lowest BCUT2D eigenvalue weighted by Crippen LogP contribution is -2.14. The zero-order chi connectivity index (χ0) is 14.9. The van der Waals surface area contributed by atoms with Crippen molar-refractivity contribution in [3.63, 3.8) is 0 Å². The molecule has 0 unspecified atom stereocenters. The summed E-state index contributed by atoms with van der Waals surface area (Å²) in [4.78, 5) is 4.32. The van der Waals surface area contributed by atoms with Gasteiger partial charge in [-0.2, -0.15) is 0 Å². The highest BCUT2D eigenvalue weighted by atomic mass is 79.9. The molecule has 2 aromatic carbocycles. The van der Waals surface area contributed by atoms with Gasteiger partial charge in [0.25, 0.3) is 10.0 Å². The SMILES string of the molecule is O=S(=O)(Nc1nccc2ccccc12)c1ccccc1Br. The number of nitrogens with zero attached hydrogens (tertiary/aromatic N) is 1. The normalized spacial score (nSPS) is 11.5. The van der Waals surface area contributed by atoms with E-state index < -0.39 is 10.0 Å². The van der Waals surface area contributed by atoms with Crippen molar-refractivity contribution in [2.45, 2.75) is 4.90 Å². The maximum absolute atomic E-state index is 12.5. The molecule has 0 aliphatic rings. The Hall–Kier alpha value is -1.92. The fourth-order valence-corrected chi connectivity index (χ4v) is 4.08. The minimum atomic E-state index is -3.69.